The lowest BCUT2D eigenvalue weighted by molar-refractivity contribution is 0.0984. The van der Waals surface area contributed by atoms with Crippen molar-refractivity contribution in [1.82, 2.24) is 25.3 Å². The predicted octanol–water partition coefficient (Wildman–Crippen LogP) is 3.17. The molecule has 2 aromatic heterocycles. The van der Waals surface area contributed by atoms with Crippen LogP contribution in [0.2, 0.25) is 0 Å². The van der Waals surface area contributed by atoms with Crippen molar-refractivity contribution in [2.24, 2.45) is 0 Å². The third kappa shape index (κ3) is 5.08. The zero-order valence-electron chi connectivity index (χ0n) is 21.0. The average Bonchev–Trinajstić information content (AvgIpc) is 2.89. The number of carbonyl (C=O) groups is 1. The van der Waals surface area contributed by atoms with Gasteiger partial charge in [0.1, 0.15) is 18.0 Å². The normalized spacial score (nSPS) is 17.5. The molecule has 2 amide bonds. The molecule has 0 spiro atoms. The van der Waals surface area contributed by atoms with Gasteiger partial charge >= 0.3 is 6.03 Å². The van der Waals surface area contributed by atoms with Gasteiger partial charge in [0.25, 0.3) is 0 Å². The fourth-order valence-corrected chi connectivity index (χ4v) is 4.65. The number of anilines is 3. The molecule has 1 atom stereocenters. The fraction of sp³-hybridized carbons (Fsp3) is 0.423. The zero-order valence-corrected chi connectivity index (χ0v) is 21.0. The number of amides is 2. The van der Waals surface area contributed by atoms with Crippen LogP contribution in [0, 0.1) is 6.92 Å². The summed E-state index contributed by atoms with van der Waals surface area (Å²) < 4.78 is 5.71. The van der Waals surface area contributed by atoms with Crippen molar-refractivity contribution in [3.05, 3.63) is 53.6 Å². The lowest BCUT2D eigenvalue weighted by atomic mass is 10.0. The van der Waals surface area contributed by atoms with Gasteiger partial charge in [-0.1, -0.05) is 0 Å². The number of aromatic nitrogens is 4. The maximum absolute atomic E-state index is 11.9. The summed E-state index contributed by atoms with van der Waals surface area (Å²) in [6.45, 7) is 10.3. The van der Waals surface area contributed by atoms with E-state index in [4.69, 9.17) is 14.7 Å². The second kappa shape index (κ2) is 10.4. The van der Waals surface area contributed by atoms with E-state index in [9.17, 15) is 4.79 Å². The van der Waals surface area contributed by atoms with Crippen molar-refractivity contribution >= 4 is 23.4 Å². The maximum Gasteiger partial charge on any atom is 0.319 e. The van der Waals surface area contributed by atoms with Gasteiger partial charge in [0.05, 0.1) is 24.9 Å². The van der Waals surface area contributed by atoms with E-state index in [1.807, 2.05) is 44.2 Å². The number of nitrogens with zero attached hydrogens (tertiary/aromatic N) is 6. The van der Waals surface area contributed by atoms with E-state index in [0.717, 1.165) is 59.3 Å². The monoisotopic (exact) mass is 488 g/mol. The minimum absolute atomic E-state index is 0.214. The average molecular weight is 489 g/mol. The minimum Gasteiger partial charge on any atom is -0.377 e. The van der Waals surface area contributed by atoms with Gasteiger partial charge in [-0.05, 0) is 45.0 Å². The summed E-state index contributed by atoms with van der Waals surface area (Å²) in [4.78, 5) is 35.3. The molecular formula is C26H32N8O2. The highest BCUT2D eigenvalue weighted by Gasteiger charge is 2.29. The molecule has 10 heteroatoms. The van der Waals surface area contributed by atoms with Crippen LogP contribution in [0.5, 0.6) is 0 Å². The third-order valence-electron chi connectivity index (χ3n) is 6.53. The molecule has 0 aliphatic carbocycles. The number of rotatable bonds is 5. The van der Waals surface area contributed by atoms with E-state index in [-0.39, 0.29) is 12.1 Å². The van der Waals surface area contributed by atoms with Gasteiger partial charge in [-0.2, -0.15) is 0 Å². The lowest BCUT2D eigenvalue weighted by Crippen LogP contribution is -2.45. The number of nitrogens with one attached hydrogen (secondary N) is 2. The Morgan fingerprint density at radius 1 is 1.17 bits per heavy atom. The Balaban J connectivity index is 1.49. The van der Waals surface area contributed by atoms with Crippen LogP contribution < -0.4 is 20.4 Å². The van der Waals surface area contributed by atoms with E-state index < -0.39 is 0 Å². The Morgan fingerprint density at radius 3 is 2.75 bits per heavy atom. The van der Waals surface area contributed by atoms with Crippen molar-refractivity contribution in [2.75, 3.05) is 48.0 Å². The highest BCUT2D eigenvalue weighted by molar-refractivity contribution is 5.89. The summed E-state index contributed by atoms with van der Waals surface area (Å²) in [7, 11) is 0. The number of ether oxygens (including phenoxy) is 1. The molecule has 2 aliphatic heterocycles. The fourth-order valence-electron chi connectivity index (χ4n) is 4.65. The summed E-state index contributed by atoms with van der Waals surface area (Å²) in [6.07, 6.45) is 2.42. The molecule has 1 saturated heterocycles. The van der Waals surface area contributed by atoms with Crippen molar-refractivity contribution in [3.8, 4) is 11.4 Å². The van der Waals surface area contributed by atoms with Crippen LogP contribution in [0.4, 0.5) is 22.1 Å². The molecule has 10 nitrogen and oxygen atoms in total. The van der Waals surface area contributed by atoms with Crippen molar-refractivity contribution in [3.63, 3.8) is 0 Å². The Bertz CT molecular complexity index is 1230. The quantitative estimate of drug-likeness (QED) is 0.564. The highest BCUT2D eigenvalue weighted by Crippen LogP contribution is 2.33. The van der Waals surface area contributed by atoms with Crippen LogP contribution in [0.3, 0.4) is 0 Å². The van der Waals surface area contributed by atoms with Crippen LogP contribution in [0.1, 0.15) is 30.8 Å². The molecule has 0 radical (unpaired) electrons. The molecule has 2 N–H and O–H groups in total. The summed E-state index contributed by atoms with van der Waals surface area (Å²) in [5.74, 6) is 2.58. The van der Waals surface area contributed by atoms with E-state index in [1.165, 1.54) is 0 Å². The molecule has 0 bridgehead atoms. The Hall–Kier alpha value is -3.79. The molecule has 0 saturated carbocycles. The van der Waals surface area contributed by atoms with Gasteiger partial charge in [-0.25, -0.2) is 24.7 Å². The van der Waals surface area contributed by atoms with Crippen molar-refractivity contribution in [1.29, 1.82) is 0 Å². The number of carbonyl (C=O) groups excluding carboxylic acids is 1. The van der Waals surface area contributed by atoms with E-state index in [1.54, 1.807) is 6.33 Å². The van der Waals surface area contributed by atoms with Crippen LogP contribution in [-0.2, 0) is 17.7 Å². The molecule has 2 aliphatic rings. The third-order valence-corrected chi connectivity index (χ3v) is 6.53. The van der Waals surface area contributed by atoms with Gasteiger partial charge in [-0.3, -0.25) is 0 Å². The number of hydrogen-bond acceptors (Lipinski definition) is 8. The zero-order chi connectivity index (χ0) is 25.1. The molecule has 4 heterocycles. The van der Waals surface area contributed by atoms with Gasteiger partial charge in [0.2, 0.25) is 0 Å². The van der Waals surface area contributed by atoms with Crippen LogP contribution in [0.25, 0.3) is 11.4 Å². The number of aryl methyl sites for hydroxylation is 1. The number of urea groups is 1. The maximum atomic E-state index is 11.9. The number of fused-ring (bicyclic) bond motifs is 1. The second-order valence-electron chi connectivity index (χ2n) is 9.16. The van der Waals surface area contributed by atoms with E-state index in [2.05, 4.69) is 37.3 Å². The van der Waals surface area contributed by atoms with Gasteiger partial charge in [0.15, 0.2) is 5.82 Å². The molecular weight excluding hydrogens is 456 g/mol. The van der Waals surface area contributed by atoms with Gasteiger partial charge in [-0.15, -0.1) is 0 Å². The molecule has 36 heavy (non-hydrogen) atoms. The number of morpholine rings is 1. The molecule has 3 aromatic rings. The smallest absolute Gasteiger partial charge is 0.319 e. The van der Waals surface area contributed by atoms with Crippen molar-refractivity contribution in [2.45, 2.75) is 39.8 Å². The highest BCUT2D eigenvalue weighted by atomic mass is 16.5. The van der Waals surface area contributed by atoms with E-state index >= 15 is 0 Å². The summed E-state index contributed by atoms with van der Waals surface area (Å²) in [6, 6.07) is 9.68. The van der Waals surface area contributed by atoms with Gasteiger partial charge in [0, 0.05) is 61.2 Å². The topological polar surface area (TPSA) is 108 Å². The summed E-state index contributed by atoms with van der Waals surface area (Å²) in [5, 5.41) is 5.57. The summed E-state index contributed by atoms with van der Waals surface area (Å²) >= 11 is 0. The lowest BCUT2D eigenvalue weighted by Gasteiger charge is -2.38. The minimum atomic E-state index is -0.220. The van der Waals surface area contributed by atoms with Crippen molar-refractivity contribution < 1.29 is 9.53 Å². The molecule has 188 valence electrons. The summed E-state index contributed by atoms with van der Waals surface area (Å²) in [5.41, 5.74) is 4.80. The number of benzene rings is 1. The first kappa shape index (κ1) is 23.9. The molecule has 5 rings (SSSR count). The van der Waals surface area contributed by atoms with E-state index in [0.29, 0.717) is 32.1 Å². The predicted molar refractivity (Wildman–Crippen MR) is 139 cm³/mol. The first-order chi connectivity index (χ1) is 17.5. The number of hydrogen-bond donors (Lipinski definition) is 2. The Kier molecular flexibility index (Phi) is 6.95. The first-order valence-electron chi connectivity index (χ1n) is 12.4. The van der Waals surface area contributed by atoms with Crippen LogP contribution in [-0.4, -0.2) is 64.9 Å². The van der Waals surface area contributed by atoms with Gasteiger partial charge < -0.3 is 25.2 Å². The first-order valence-corrected chi connectivity index (χ1v) is 12.4. The molecule has 1 unspecified atom stereocenters. The molecule has 1 fully saturated rings. The molecule has 1 aromatic carbocycles. The van der Waals surface area contributed by atoms with Crippen LogP contribution >= 0.6 is 0 Å². The second-order valence-corrected chi connectivity index (χ2v) is 9.16. The van der Waals surface area contributed by atoms with Crippen LogP contribution in [0.15, 0.2) is 36.7 Å². The standard InChI is InChI=1S/C26H32N8O2/c1-4-27-26(35)30-20-7-5-19(6-8-20)24-31-22-9-10-33(23-13-17(2)28-16-29-23)14-21(22)25(32-24)34-11-12-36-15-18(34)3/h5-8,13,16,18H,4,9-12,14-15H2,1-3H3,(H2,27,30,35). The largest absolute Gasteiger partial charge is 0.377 e. The Morgan fingerprint density at radius 2 is 2.00 bits per heavy atom. The Labute approximate surface area is 211 Å². The SMILES string of the molecule is CCNC(=O)Nc1ccc(-c2nc3c(c(N4CCOCC4C)n2)CN(c2cc(C)ncn2)CC3)cc1.